The van der Waals surface area contributed by atoms with Crippen molar-refractivity contribution in [3.8, 4) is 11.3 Å². The monoisotopic (exact) mass is 421 g/mol. The maximum absolute atomic E-state index is 13.1. The Morgan fingerprint density at radius 3 is 2.32 bits per heavy atom. The average molecular weight is 421 g/mol. The average Bonchev–Trinajstić information content (AvgIpc) is 2.79. The number of nitro groups is 1. The third-order valence-corrected chi connectivity index (χ3v) is 5.41. The Morgan fingerprint density at radius 1 is 1.00 bits per heavy atom. The molecule has 8 nitrogen and oxygen atoms in total. The molecule has 3 aromatic rings. The number of nitro benzene ring substituents is 1. The summed E-state index contributed by atoms with van der Waals surface area (Å²) >= 11 is 0. The number of nitrogens with zero attached hydrogens (tertiary/aromatic N) is 5. The maximum atomic E-state index is 13.1. The van der Waals surface area contributed by atoms with Crippen LogP contribution in [0.1, 0.15) is 15.9 Å². The van der Waals surface area contributed by atoms with E-state index in [2.05, 4.69) is 10.2 Å². The number of hydrogen-bond acceptors (Lipinski definition) is 6. The molecule has 0 radical (unpaired) electrons. The number of halogens is 1. The second kappa shape index (κ2) is 8.47. The van der Waals surface area contributed by atoms with Crippen molar-refractivity contribution < 1.29 is 14.1 Å². The van der Waals surface area contributed by atoms with Gasteiger partial charge >= 0.3 is 0 Å². The van der Waals surface area contributed by atoms with Gasteiger partial charge in [0.15, 0.2) is 5.82 Å². The Bertz CT molecular complexity index is 1110. The van der Waals surface area contributed by atoms with Gasteiger partial charge in [-0.05, 0) is 49.4 Å². The Balaban J connectivity index is 1.42. The summed E-state index contributed by atoms with van der Waals surface area (Å²) in [6.07, 6.45) is 0. The lowest BCUT2D eigenvalue weighted by molar-refractivity contribution is -0.385. The minimum Gasteiger partial charge on any atom is -0.352 e. The topological polar surface area (TPSA) is 92.5 Å². The van der Waals surface area contributed by atoms with Crippen LogP contribution >= 0.6 is 0 Å². The summed E-state index contributed by atoms with van der Waals surface area (Å²) in [5.41, 5.74) is 2.11. The van der Waals surface area contributed by atoms with Gasteiger partial charge in [0.25, 0.3) is 11.6 Å². The summed E-state index contributed by atoms with van der Waals surface area (Å²) in [7, 11) is 0. The molecule has 158 valence electrons. The predicted molar refractivity (Wildman–Crippen MR) is 113 cm³/mol. The first-order valence-corrected chi connectivity index (χ1v) is 9.82. The lowest BCUT2D eigenvalue weighted by atomic mass is 10.1. The van der Waals surface area contributed by atoms with Crippen molar-refractivity contribution in [1.29, 1.82) is 0 Å². The number of hydrogen-bond donors (Lipinski definition) is 0. The van der Waals surface area contributed by atoms with Crippen molar-refractivity contribution in [2.24, 2.45) is 0 Å². The summed E-state index contributed by atoms with van der Waals surface area (Å²) in [6, 6.07) is 14.3. The standard InChI is InChI=1S/C22H20FN5O3/c1-15-18(3-2-4-20(15)28(30)31)22(29)27-13-11-26(12-14-27)21-10-9-19(24-25-21)16-5-7-17(23)8-6-16/h2-10H,11-14H2,1H3. The van der Waals surface area contributed by atoms with Crippen LogP contribution in [0.25, 0.3) is 11.3 Å². The zero-order chi connectivity index (χ0) is 22.0. The Kier molecular flexibility index (Phi) is 5.57. The number of aromatic nitrogens is 2. The fourth-order valence-corrected chi connectivity index (χ4v) is 3.63. The van der Waals surface area contributed by atoms with Crippen molar-refractivity contribution in [1.82, 2.24) is 15.1 Å². The third kappa shape index (κ3) is 4.20. The van der Waals surface area contributed by atoms with Gasteiger partial charge in [-0.2, -0.15) is 0 Å². The summed E-state index contributed by atoms with van der Waals surface area (Å²) in [5, 5.41) is 19.7. The zero-order valence-electron chi connectivity index (χ0n) is 16.9. The van der Waals surface area contributed by atoms with Gasteiger partial charge in [-0.15, -0.1) is 10.2 Å². The molecular formula is C22H20FN5O3. The van der Waals surface area contributed by atoms with Crippen molar-refractivity contribution in [3.63, 3.8) is 0 Å². The van der Waals surface area contributed by atoms with Crippen LogP contribution in [-0.2, 0) is 0 Å². The molecule has 9 heteroatoms. The fourth-order valence-electron chi connectivity index (χ4n) is 3.63. The minimum absolute atomic E-state index is 0.0546. The molecule has 1 fully saturated rings. The number of rotatable bonds is 4. The number of carbonyl (C=O) groups is 1. The van der Waals surface area contributed by atoms with Crippen LogP contribution in [0.4, 0.5) is 15.9 Å². The second-order valence-electron chi connectivity index (χ2n) is 7.27. The van der Waals surface area contributed by atoms with E-state index in [1.54, 1.807) is 30.0 Å². The van der Waals surface area contributed by atoms with Crippen LogP contribution < -0.4 is 4.90 Å². The lowest BCUT2D eigenvalue weighted by Gasteiger charge is -2.35. The second-order valence-corrected chi connectivity index (χ2v) is 7.27. The first-order chi connectivity index (χ1) is 14.9. The molecule has 0 bridgehead atoms. The third-order valence-electron chi connectivity index (χ3n) is 5.41. The Morgan fingerprint density at radius 2 is 1.71 bits per heavy atom. The van der Waals surface area contributed by atoms with Gasteiger partial charge < -0.3 is 9.80 Å². The highest BCUT2D eigenvalue weighted by Crippen LogP contribution is 2.24. The van der Waals surface area contributed by atoms with E-state index in [-0.39, 0.29) is 17.4 Å². The normalized spacial score (nSPS) is 13.9. The molecule has 1 saturated heterocycles. The number of amides is 1. The van der Waals surface area contributed by atoms with E-state index in [9.17, 15) is 19.3 Å². The zero-order valence-corrected chi connectivity index (χ0v) is 16.9. The first-order valence-electron chi connectivity index (χ1n) is 9.82. The van der Waals surface area contributed by atoms with Crippen molar-refractivity contribution in [2.45, 2.75) is 6.92 Å². The van der Waals surface area contributed by atoms with Crippen LogP contribution in [0.5, 0.6) is 0 Å². The van der Waals surface area contributed by atoms with Crippen LogP contribution in [0.15, 0.2) is 54.6 Å². The number of piperazine rings is 1. The van der Waals surface area contributed by atoms with Crippen LogP contribution in [0.2, 0.25) is 0 Å². The van der Waals surface area contributed by atoms with E-state index in [0.717, 1.165) is 5.56 Å². The van der Waals surface area contributed by atoms with Gasteiger partial charge in [-0.25, -0.2) is 4.39 Å². The van der Waals surface area contributed by atoms with E-state index in [0.29, 0.717) is 48.8 Å². The molecule has 1 amide bonds. The van der Waals surface area contributed by atoms with Crippen LogP contribution in [0, 0.1) is 22.9 Å². The molecular weight excluding hydrogens is 401 g/mol. The highest BCUT2D eigenvalue weighted by molar-refractivity contribution is 5.96. The summed E-state index contributed by atoms with van der Waals surface area (Å²) in [6.45, 7) is 3.69. The summed E-state index contributed by atoms with van der Waals surface area (Å²) in [5.74, 6) is 0.184. The quantitative estimate of drug-likeness (QED) is 0.473. The number of carbonyl (C=O) groups excluding carboxylic acids is 1. The molecule has 1 aliphatic heterocycles. The summed E-state index contributed by atoms with van der Waals surface area (Å²) in [4.78, 5) is 27.3. The van der Waals surface area contributed by atoms with E-state index < -0.39 is 4.92 Å². The molecule has 2 aromatic carbocycles. The molecule has 1 aromatic heterocycles. The molecule has 31 heavy (non-hydrogen) atoms. The molecule has 2 heterocycles. The first kappa shape index (κ1) is 20.4. The fraction of sp³-hybridized carbons (Fsp3) is 0.227. The number of benzene rings is 2. The molecule has 0 spiro atoms. The number of anilines is 1. The Labute approximate surface area is 178 Å². The van der Waals surface area contributed by atoms with E-state index in [1.807, 2.05) is 17.0 Å². The van der Waals surface area contributed by atoms with Crippen LogP contribution in [-0.4, -0.2) is 52.1 Å². The van der Waals surface area contributed by atoms with Gasteiger partial charge in [-0.1, -0.05) is 6.07 Å². The summed E-state index contributed by atoms with van der Waals surface area (Å²) < 4.78 is 13.1. The van der Waals surface area contributed by atoms with Gasteiger partial charge in [0, 0.05) is 48.9 Å². The largest absolute Gasteiger partial charge is 0.352 e. The SMILES string of the molecule is Cc1c(C(=O)N2CCN(c3ccc(-c4ccc(F)cc4)nn3)CC2)cccc1[N+](=O)[O-]. The molecule has 0 atom stereocenters. The molecule has 0 N–H and O–H groups in total. The minimum atomic E-state index is -0.474. The lowest BCUT2D eigenvalue weighted by Crippen LogP contribution is -2.49. The Hall–Kier alpha value is -3.88. The molecule has 0 aliphatic carbocycles. The van der Waals surface area contributed by atoms with E-state index >= 15 is 0 Å². The van der Waals surface area contributed by atoms with E-state index in [4.69, 9.17) is 0 Å². The smallest absolute Gasteiger partial charge is 0.273 e. The molecule has 0 unspecified atom stereocenters. The highest BCUT2D eigenvalue weighted by Gasteiger charge is 2.26. The molecule has 1 aliphatic rings. The van der Waals surface area contributed by atoms with Crippen molar-refractivity contribution >= 4 is 17.4 Å². The van der Waals surface area contributed by atoms with Crippen LogP contribution in [0.3, 0.4) is 0 Å². The van der Waals surface area contributed by atoms with Gasteiger partial charge in [0.05, 0.1) is 10.6 Å². The maximum Gasteiger partial charge on any atom is 0.273 e. The van der Waals surface area contributed by atoms with Crippen molar-refractivity contribution in [3.05, 3.63) is 81.7 Å². The van der Waals surface area contributed by atoms with E-state index in [1.165, 1.54) is 24.3 Å². The van der Waals surface area contributed by atoms with Gasteiger partial charge in [0.2, 0.25) is 0 Å². The van der Waals surface area contributed by atoms with Crippen molar-refractivity contribution in [2.75, 3.05) is 31.1 Å². The predicted octanol–water partition coefficient (Wildman–Crippen LogP) is 3.46. The molecule has 0 saturated carbocycles. The highest BCUT2D eigenvalue weighted by atomic mass is 19.1. The van der Waals surface area contributed by atoms with Gasteiger partial charge in [0.1, 0.15) is 5.82 Å². The molecule has 4 rings (SSSR count). The van der Waals surface area contributed by atoms with Gasteiger partial charge in [-0.3, -0.25) is 14.9 Å².